The van der Waals surface area contributed by atoms with E-state index in [0.717, 1.165) is 14.8 Å². The highest BCUT2D eigenvalue weighted by Crippen LogP contribution is 2.53. The van der Waals surface area contributed by atoms with Gasteiger partial charge in [0.2, 0.25) is 59.1 Å². The lowest BCUT2D eigenvalue weighted by atomic mass is 9.86. The number of carbonyl (C=O) groups is 12. The van der Waals surface area contributed by atoms with E-state index >= 15 is 19.2 Å². The molecule has 588 valence electrons. The summed E-state index contributed by atoms with van der Waals surface area (Å²) >= 11 is 0. The van der Waals surface area contributed by atoms with Crippen molar-refractivity contribution in [2.24, 2.45) is 35.5 Å². The van der Waals surface area contributed by atoms with Gasteiger partial charge in [-0.2, -0.15) is 0 Å². The Labute approximate surface area is 623 Å². The van der Waals surface area contributed by atoms with Crippen LogP contribution in [0.3, 0.4) is 0 Å². The molecule has 107 heavy (non-hydrogen) atoms. The van der Waals surface area contributed by atoms with Gasteiger partial charge in [0.25, 0.3) is 11.8 Å². The second-order valence-electron chi connectivity index (χ2n) is 32.7. The van der Waals surface area contributed by atoms with E-state index < -0.39 is 222 Å². The van der Waals surface area contributed by atoms with E-state index in [9.17, 15) is 63.9 Å². The van der Waals surface area contributed by atoms with E-state index in [0.29, 0.717) is 29.8 Å². The standard InChI is InChI=1S/C74H110N16O17/c1-32(2)24-47-59(94)83-55(38(13)91)67(102)87-51(63(98)81-53(34(5)6)65(100)85(15)57(36(9)10)69(104)89-49(61(96)77-47)18-17-23-75-89)29-73(106)43-26-40(19-21-45(43)79-71(73)87)41-20-22-46-44(27-41)74(107)30-52-64(99)82-54(35(7)8)66(101)86(16)58(37(11)12)70(105)90-50(28-42(93)31-76-90)62(97)78-48(25-33(3)4)60(95)84-56(39(14)92)68(103)88(52)72(74)80-46/h19-22,26-27,32-39,42,47-58,71-72,75-76,79-80,91-93,106-107H,17-18,23-25,28-31H2,1-16H3,(H,77,96)(H,78,97)(H,81,98)(H,82,99)(H,83,94)(H,84,95)/t38-,39-,42+,47-,48-,49+,50+,51-,52-,53+,54+,55+,56+,57-,58-,71-,72-,73+,74+/m0/s1. The minimum atomic E-state index is -2.18. The number of hydrogen-bond donors (Lipinski definition) is 15. The molecule has 8 aliphatic rings. The Morgan fingerprint density at radius 1 is 0.439 bits per heavy atom. The third-order valence-electron chi connectivity index (χ3n) is 22.3. The Kier molecular flexibility index (Phi) is 23.9. The quantitative estimate of drug-likeness (QED) is 0.121. The number of nitrogens with zero attached hydrogens (tertiary/aromatic N) is 6. The van der Waals surface area contributed by atoms with Crippen molar-refractivity contribution in [3.8, 4) is 11.1 Å². The van der Waals surface area contributed by atoms with Gasteiger partial charge in [0.05, 0.1) is 18.3 Å². The molecule has 6 saturated heterocycles. The topological polar surface area (TPSA) is 446 Å². The van der Waals surface area contributed by atoms with Crippen molar-refractivity contribution in [2.45, 2.75) is 256 Å². The number of nitrogens with one attached hydrogen (secondary N) is 10. The molecule has 12 amide bonds. The largest absolute Gasteiger partial charge is 0.392 e. The first-order valence-electron chi connectivity index (χ1n) is 37.6. The molecule has 2 aromatic carbocycles. The maximum Gasteiger partial charge on any atom is 0.260 e. The van der Waals surface area contributed by atoms with Gasteiger partial charge in [-0.1, -0.05) is 95.2 Å². The fourth-order valence-electron chi connectivity index (χ4n) is 16.7. The first-order chi connectivity index (χ1) is 50.1. The van der Waals surface area contributed by atoms with E-state index in [1.807, 2.05) is 13.8 Å². The van der Waals surface area contributed by atoms with Crippen LogP contribution in [0, 0.1) is 35.5 Å². The monoisotopic (exact) mass is 1490 g/mol. The maximum atomic E-state index is 15.6. The van der Waals surface area contributed by atoms with Crippen LogP contribution in [0.15, 0.2) is 36.4 Å². The second kappa shape index (κ2) is 31.5. The lowest BCUT2D eigenvalue weighted by Crippen LogP contribution is -2.68. The molecule has 8 aliphatic heterocycles. The fraction of sp³-hybridized carbons (Fsp3) is 0.676. The van der Waals surface area contributed by atoms with Crippen LogP contribution < -0.4 is 53.4 Å². The second-order valence-corrected chi connectivity index (χ2v) is 32.7. The number of carbonyl (C=O) groups excluding carboxylic acids is 12. The van der Waals surface area contributed by atoms with Crippen molar-refractivity contribution >= 4 is 82.3 Å². The predicted molar refractivity (Wildman–Crippen MR) is 388 cm³/mol. The SMILES string of the molecule is CC(C)C[C@@H]1NC(=O)[C@H]2CCCNN2C(=O)[C@H](C(C)C)N(C)C(=O)[C@@H](C(C)C)NC(=O)[C@@H]2C[C@@]3(O)c4cc(-c5ccc6c(c5)[C@]5(O)C[C@H]7C(=O)N[C@H](C(C)C)C(=O)N(C)[C@@H](C(C)C)C(=O)N8NC[C@H](O)C[C@@H]8C(=O)N[C@@H](CC(C)C)C(=O)N[C@H]([C@H](C)O)C(=O)N7[C@@H]5N6)ccc4N[C@H]3N2C(=O)[C@@H]([C@H](C)O)NC1=O. The highest BCUT2D eigenvalue weighted by molar-refractivity contribution is 6.02. The number of aliphatic hydroxyl groups excluding tert-OH is 3. The summed E-state index contributed by atoms with van der Waals surface area (Å²) in [7, 11) is 2.82. The molecule has 33 nitrogen and oxygen atoms in total. The molecule has 33 heteroatoms. The molecule has 8 heterocycles. The molecule has 19 atom stereocenters. The summed E-state index contributed by atoms with van der Waals surface area (Å²) in [4.78, 5) is 185. The summed E-state index contributed by atoms with van der Waals surface area (Å²) in [5.74, 6) is -12.8. The number of hydrogen-bond acceptors (Lipinski definition) is 21. The molecule has 0 aromatic heterocycles. The van der Waals surface area contributed by atoms with E-state index in [1.165, 1.54) is 42.8 Å². The average Bonchev–Trinajstić information content (AvgIpc) is 1.55. The van der Waals surface area contributed by atoms with Gasteiger partial charge in [0.1, 0.15) is 96.0 Å². The van der Waals surface area contributed by atoms with Crippen molar-refractivity contribution in [1.82, 2.24) is 72.4 Å². The molecule has 15 N–H and O–H groups in total. The summed E-state index contributed by atoms with van der Waals surface area (Å²) in [6, 6.07) is -7.55. The Morgan fingerprint density at radius 3 is 1.19 bits per heavy atom. The predicted octanol–water partition coefficient (Wildman–Crippen LogP) is -1.54. The highest BCUT2D eigenvalue weighted by atomic mass is 16.3. The molecular formula is C74H110N16O17. The van der Waals surface area contributed by atoms with Crippen molar-refractivity contribution in [1.29, 1.82) is 0 Å². The van der Waals surface area contributed by atoms with Crippen LogP contribution in [0.1, 0.15) is 153 Å². The zero-order valence-electron chi connectivity index (χ0n) is 63.9. The molecule has 0 saturated carbocycles. The minimum Gasteiger partial charge on any atom is -0.392 e. The van der Waals surface area contributed by atoms with Crippen molar-refractivity contribution in [3.63, 3.8) is 0 Å². The summed E-state index contributed by atoms with van der Waals surface area (Å²) in [6.07, 6.45) is -8.09. The van der Waals surface area contributed by atoms with Crippen LogP contribution in [-0.2, 0) is 68.7 Å². The number of anilines is 2. The number of aliphatic hydroxyl groups is 5. The van der Waals surface area contributed by atoms with E-state index in [2.05, 4.69) is 53.4 Å². The van der Waals surface area contributed by atoms with Gasteiger partial charge in [-0.25, -0.2) is 10.9 Å². The first-order valence-corrected chi connectivity index (χ1v) is 37.6. The summed E-state index contributed by atoms with van der Waals surface area (Å²) in [5.41, 5.74) is 3.24. The van der Waals surface area contributed by atoms with E-state index in [-0.39, 0.29) is 60.9 Å². The van der Waals surface area contributed by atoms with Crippen molar-refractivity contribution < 1.29 is 83.1 Å². The third kappa shape index (κ3) is 15.5. The van der Waals surface area contributed by atoms with Crippen LogP contribution in [-0.4, -0.2) is 256 Å². The molecule has 2 aromatic rings. The van der Waals surface area contributed by atoms with Crippen LogP contribution >= 0.6 is 0 Å². The molecule has 6 fully saturated rings. The third-order valence-corrected chi connectivity index (χ3v) is 22.3. The normalized spacial score (nSPS) is 33.0. The van der Waals surface area contributed by atoms with Crippen molar-refractivity contribution in [3.05, 3.63) is 47.5 Å². The number of amides is 12. The highest BCUT2D eigenvalue weighted by Gasteiger charge is 2.64. The Morgan fingerprint density at radius 2 is 0.813 bits per heavy atom. The number of rotatable bonds is 11. The zero-order chi connectivity index (χ0) is 78.8. The van der Waals surface area contributed by atoms with Crippen LogP contribution in [0.2, 0.25) is 0 Å². The minimum absolute atomic E-state index is 0.0128. The molecular weight excluding hydrogens is 1380 g/mol. The van der Waals surface area contributed by atoms with Gasteiger partial charge in [0, 0.05) is 68.9 Å². The first kappa shape index (κ1) is 80.9. The maximum absolute atomic E-state index is 15.6. The number of hydrazine groups is 2. The smallest absolute Gasteiger partial charge is 0.260 e. The van der Waals surface area contributed by atoms with Gasteiger partial charge in [-0.15, -0.1) is 0 Å². The Bertz CT molecular complexity index is 3800. The van der Waals surface area contributed by atoms with Crippen LogP contribution in [0.5, 0.6) is 0 Å². The van der Waals surface area contributed by atoms with E-state index in [4.69, 9.17) is 0 Å². The number of fused-ring (bicyclic) bond motifs is 12. The number of likely N-dealkylation sites (N-methyl/N-ethyl adjacent to an activating group) is 2. The molecule has 0 spiro atoms. The Balaban J connectivity index is 1.02. The van der Waals surface area contributed by atoms with Gasteiger partial charge in [0.15, 0.2) is 0 Å². The molecule has 0 aliphatic carbocycles. The van der Waals surface area contributed by atoms with Gasteiger partial charge in [-0.05, 0) is 110 Å². The Hall–Kier alpha value is -8.60. The average molecular weight is 1500 g/mol. The van der Waals surface area contributed by atoms with E-state index in [1.54, 1.807) is 106 Å². The summed E-state index contributed by atoms with van der Waals surface area (Å²) in [5, 5.41) is 86.1. The fourth-order valence-corrected chi connectivity index (χ4v) is 16.7. The number of β-amino-alcohol motifs (C(OH)–C–C–N with tert-alkyl or cyclic N) is 1. The van der Waals surface area contributed by atoms with Gasteiger partial charge < -0.3 is 87.7 Å². The summed E-state index contributed by atoms with van der Waals surface area (Å²) < 4.78 is 0. The molecule has 0 bridgehead atoms. The summed E-state index contributed by atoms with van der Waals surface area (Å²) in [6.45, 7) is 23.4. The zero-order valence-corrected chi connectivity index (χ0v) is 63.9. The lowest BCUT2D eigenvalue weighted by Gasteiger charge is -2.42. The molecule has 0 unspecified atom stereocenters. The van der Waals surface area contributed by atoms with Crippen LogP contribution in [0.4, 0.5) is 11.4 Å². The number of benzene rings is 2. The van der Waals surface area contributed by atoms with Gasteiger partial charge >= 0.3 is 0 Å². The van der Waals surface area contributed by atoms with Crippen LogP contribution in [0.25, 0.3) is 11.1 Å². The molecule has 10 rings (SSSR count). The van der Waals surface area contributed by atoms with Gasteiger partial charge in [-0.3, -0.25) is 67.6 Å². The van der Waals surface area contributed by atoms with Crippen molar-refractivity contribution in [2.75, 3.05) is 37.8 Å². The molecule has 0 radical (unpaired) electrons. The lowest BCUT2D eigenvalue weighted by molar-refractivity contribution is -0.159.